The molecule has 1 aliphatic heterocycles. The molecule has 0 spiro atoms. The van der Waals surface area contributed by atoms with Gasteiger partial charge in [0.05, 0.1) is 18.7 Å². The summed E-state index contributed by atoms with van der Waals surface area (Å²) in [5.74, 6) is -0.287. The number of aromatic hydroxyl groups is 1. The Kier molecular flexibility index (Phi) is 2.64. The zero-order valence-corrected chi connectivity index (χ0v) is 9.80. The van der Waals surface area contributed by atoms with Gasteiger partial charge in [-0.15, -0.1) is 0 Å². The van der Waals surface area contributed by atoms with E-state index in [2.05, 4.69) is 0 Å². The second kappa shape index (κ2) is 4.31. The first-order valence-corrected chi connectivity index (χ1v) is 5.92. The summed E-state index contributed by atoms with van der Waals surface area (Å²) in [7, 11) is 0. The highest BCUT2D eigenvalue weighted by Gasteiger charge is 2.23. The molecular formula is C14H13NO3. The lowest BCUT2D eigenvalue weighted by Crippen LogP contribution is -2.26. The van der Waals surface area contributed by atoms with Crippen molar-refractivity contribution in [2.75, 3.05) is 13.2 Å². The maximum absolute atomic E-state index is 12.2. The first-order valence-electron chi connectivity index (χ1n) is 5.92. The number of phenolic OH excluding ortho intramolecular Hbond substituents is 1. The zero-order chi connectivity index (χ0) is 12.5. The maximum Gasteiger partial charge on any atom is 0.281 e. The second-order valence-electron chi connectivity index (χ2n) is 4.31. The quantitative estimate of drug-likeness (QED) is 0.836. The van der Waals surface area contributed by atoms with Crippen LogP contribution in [0.25, 0.3) is 10.8 Å². The molecule has 0 bridgehead atoms. The van der Waals surface area contributed by atoms with Gasteiger partial charge >= 0.3 is 0 Å². The molecule has 0 aromatic heterocycles. The van der Waals surface area contributed by atoms with Crippen LogP contribution in [0.4, 0.5) is 0 Å². The molecule has 0 atom stereocenters. The lowest BCUT2D eigenvalue weighted by atomic mass is 10.1. The topological polar surface area (TPSA) is 49.8 Å². The summed E-state index contributed by atoms with van der Waals surface area (Å²) < 4.78 is 0. The molecule has 0 saturated carbocycles. The minimum atomic E-state index is -0.282. The molecule has 0 aliphatic carbocycles. The number of benzene rings is 2. The SMILES string of the molecule is O=C(c1cc2ccccc2cc1O)N1CCCO1. The van der Waals surface area contributed by atoms with Gasteiger partial charge in [-0.05, 0) is 29.3 Å². The fourth-order valence-electron chi connectivity index (χ4n) is 2.14. The van der Waals surface area contributed by atoms with Crippen LogP contribution in [0.2, 0.25) is 0 Å². The van der Waals surface area contributed by atoms with E-state index in [1.807, 2.05) is 24.3 Å². The van der Waals surface area contributed by atoms with Crippen LogP contribution in [0.15, 0.2) is 36.4 Å². The van der Waals surface area contributed by atoms with Crippen molar-refractivity contribution in [3.05, 3.63) is 42.0 Å². The standard InChI is InChI=1S/C14H13NO3/c16-13-9-11-5-2-1-4-10(11)8-12(13)14(17)15-6-3-7-18-15/h1-2,4-5,8-9,16H,3,6-7H2. The van der Waals surface area contributed by atoms with Crippen LogP contribution in [-0.2, 0) is 4.84 Å². The van der Waals surface area contributed by atoms with Crippen LogP contribution in [0.5, 0.6) is 5.75 Å². The van der Waals surface area contributed by atoms with Crippen molar-refractivity contribution in [3.8, 4) is 5.75 Å². The number of phenols is 1. The van der Waals surface area contributed by atoms with E-state index in [1.165, 1.54) is 5.06 Å². The minimum Gasteiger partial charge on any atom is -0.507 e. The summed E-state index contributed by atoms with van der Waals surface area (Å²) in [6.45, 7) is 1.13. The lowest BCUT2D eigenvalue weighted by Gasteiger charge is -2.15. The molecule has 1 amide bonds. The number of hydrogen-bond donors (Lipinski definition) is 1. The van der Waals surface area contributed by atoms with Crippen molar-refractivity contribution in [2.45, 2.75) is 6.42 Å². The van der Waals surface area contributed by atoms with Crippen molar-refractivity contribution in [3.63, 3.8) is 0 Å². The van der Waals surface area contributed by atoms with Crippen LogP contribution in [0, 0.1) is 0 Å². The number of carbonyl (C=O) groups is 1. The fraction of sp³-hybridized carbons (Fsp3) is 0.214. The number of rotatable bonds is 1. The Morgan fingerprint density at radius 3 is 2.61 bits per heavy atom. The molecule has 92 valence electrons. The highest BCUT2D eigenvalue weighted by atomic mass is 16.7. The molecule has 0 unspecified atom stereocenters. The minimum absolute atomic E-state index is 0.00537. The smallest absolute Gasteiger partial charge is 0.281 e. The first-order chi connectivity index (χ1) is 8.75. The third-order valence-electron chi connectivity index (χ3n) is 3.07. The van der Waals surface area contributed by atoms with E-state index in [0.29, 0.717) is 13.2 Å². The highest BCUT2D eigenvalue weighted by molar-refractivity contribution is 6.01. The Balaban J connectivity index is 2.05. The molecule has 2 aromatic carbocycles. The number of amides is 1. The van der Waals surface area contributed by atoms with E-state index in [1.54, 1.807) is 12.1 Å². The summed E-state index contributed by atoms with van der Waals surface area (Å²) in [5, 5.41) is 13.1. The fourth-order valence-corrected chi connectivity index (χ4v) is 2.14. The first kappa shape index (κ1) is 11.0. The molecule has 4 heteroatoms. The molecule has 1 saturated heterocycles. The molecule has 1 N–H and O–H groups in total. The van der Waals surface area contributed by atoms with Gasteiger partial charge in [0.15, 0.2) is 0 Å². The molecule has 3 rings (SSSR count). The Morgan fingerprint density at radius 1 is 1.22 bits per heavy atom. The lowest BCUT2D eigenvalue weighted by molar-refractivity contribution is -0.0769. The summed E-state index contributed by atoms with van der Waals surface area (Å²) >= 11 is 0. The van der Waals surface area contributed by atoms with Crippen molar-refractivity contribution in [1.82, 2.24) is 5.06 Å². The van der Waals surface area contributed by atoms with Crippen LogP contribution >= 0.6 is 0 Å². The molecule has 1 aliphatic rings. The number of hydrogen-bond acceptors (Lipinski definition) is 3. The number of hydroxylamine groups is 2. The number of nitrogens with zero attached hydrogens (tertiary/aromatic N) is 1. The Labute approximate surface area is 104 Å². The van der Waals surface area contributed by atoms with E-state index >= 15 is 0 Å². The predicted octanol–water partition coefficient (Wildman–Crippen LogP) is 2.32. The average molecular weight is 243 g/mol. The van der Waals surface area contributed by atoms with E-state index in [4.69, 9.17) is 4.84 Å². The largest absolute Gasteiger partial charge is 0.507 e. The van der Waals surface area contributed by atoms with Crippen molar-refractivity contribution in [1.29, 1.82) is 0 Å². The van der Waals surface area contributed by atoms with Gasteiger partial charge in [-0.2, -0.15) is 0 Å². The Hall–Kier alpha value is -2.07. The van der Waals surface area contributed by atoms with Crippen LogP contribution in [0.1, 0.15) is 16.8 Å². The second-order valence-corrected chi connectivity index (χ2v) is 4.31. The third kappa shape index (κ3) is 1.80. The van der Waals surface area contributed by atoms with Crippen molar-refractivity contribution >= 4 is 16.7 Å². The van der Waals surface area contributed by atoms with Crippen LogP contribution in [-0.4, -0.2) is 29.2 Å². The van der Waals surface area contributed by atoms with Crippen molar-refractivity contribution < 1.29 is 14.7 Å². The molecule has 2 aromatic rings. The maximum atomic E-state index is 12.2. The Bertz CT molecular complexity index is 603. The van der Waals surface area contributed by atoms with Gasteiger partial charge < -0.3 is 5.11 Å². The van der Waals surface area contributed by atoms with Gasteiger partial charge in [0.2, 0.25) is 0 Å². The van der Waals surface area contributed by atoms with Gasteiger partial charge in [-0.1, -0.05) is 24.3 Å². The predicted molar refractivity (Wildman–Crippen MR) is 67.2 cm³/mol. The summed E-state index contributed by atoms with van der Waals surface area (Å²) in [6, 6.07) is 10.9. The monoisotopic (exact) mass is 243 g/mol. The average Bonchev–Trinajstić information content (AvgIpc) is 2.91. The third-order valence-corrected chi connectivity index (χ3v) is 3.07. The molecule has 0 radical (unpaired) electrons. The summed E-state index contributed by atoms with van der Waals surface area (Å²) in [6.07, 6.45) is 0.833. The van der Waals surface area contributed by atoms with Gasteiger partial charge in [-0.3, -0.25) is 9.63 Å². The molecule has 4 nitrogen and oxygen atoms in total. The molecule has 1 heterocycles. The van der Waals surface area contributed by atoms with Crippen LogP contribution in [0.3, 0.4) is 0 Å². The van der Waals surface area contributed by atoms with Crippen molar-refractivity contribution in [2.24, 2.45) is 0 Å². The van der Waals surface area contributed by atoms with E-state index in [0.717, 1.165) is 17.2 Å². The zero-order valence-electron chi connectivity index (χ0n) is 9.80. The summed E-state index contributed by atoms with van der Waals surface area (Å²) in [4.78, 5) is 17.4. The summed E-state index contributed by atoms with van der Waals surface area (Å²) in [5.41, 5.74) is 0.288. The normalized spacial score (nSPS) is 15.2. The Morgan fingerprint density at radius 2 is 1.94 bits per heavy atom. The molecule has 18 heavy (non-hydrogen) atoms. The molecule has 1 fully saturated rings. The number of fused-ring (bicyclic) bond motifs is 1. The van der Waals surface area contributed by atoms with Crippen LogP contribution < -0.4 is 0 Å². The van der Waals surface area contributed by atoms with Gasteiger partial charge in [0.1, 0.15) is 5.75 Å². The molecular weight excluding hydrogens is 230 g/mol. The van der Waals surface area contributed by atoms with Gasteiger partial charge in [-0.25, -0.2) is 5.06 Å². The van der Waals surface area contributed by atoms with E-state index in [9.17, 15) is 9.90 Å². The highest BCUT2D eigenvalue weighted by Crippen LogP contribution is 2.26. The van der Waals surface area contributed by atoms with E-state index < -0.39 is 0 Å². The number of carbonyl (C=O) groups excluding carboxylic acids is 1. The van der Waals surface area contributed by atoms with Gasteiger partial charge in [0, 0.05) is 0 Å². The van der Waals surface area contributed by atoms with E-state index in [-0.39, 0.29) is 17.2 Å². The van der Waals surface area contributed by atoms with Gasteiger partial charge in [0.25, 0.3) is 5.91 Å².